The van der Waals surface area contributed by atoms with Crippen molar-refractivity contribution in [3.8, 4) is 34.3 Å². The van der Waals surface area contributed by atoms with Crippen LogP contribution in [-0.4, -0.2) is 30.9 Å². The van der Waals surface area contributed by atoms with Gasteiger partial charge in [-0.1, -0.05) is 12.1 Å². The van der Waals surface area contributed by atoms with E-state index >= 15 is 0 Å². The summed E-state index contributed by atoms with van der Waals surface area (Å²) in [5.41, 5.74) is 3.33. The number of halogens is 1. The van der Waals surface area contributed by atoms with Gasteiger partial charge in [-0.3, -0.25) is 4.57 Å². The number of para-hydroxylation sites is 2. The Labute approximate surface area is 161 Å². The summed E-state index contributed by atoms with van der Waals surface area (Å²) in [5, 5.41) is 0. The average molecular weight is 378 g/mol. The minimum Gasteiger partial charge on any atom is -0.493 e. The number of nitrogens with zero attached hydrogens (tertiary/aromatic N) is 2. The highest BCUT2D eigenvalue weighted by molar-refractivity contribution is 5.83. The van der Waals surface area contributed by atoms with Gasteiger partial charge < -0.3 is 14.2 Å². The third-order valence-electron chi connectivity index (χ3n) is 4.57. The maximum Gasteiger partial charge on any atom is 0.203 e. The number of hydrogen-bond acceptors (Lipinski definition) is 4. The van der Waals surface area contributed by atoms with Crippen LogP contribution in [0.5, 0.6) is 17.2 Å². The van der Waals surface area contributed by atoms with E-state index < -0.39 is 0 Å². The highest BCUT2D eigenvalue weighted by Gasteiger charge is 2.19. The topological polar surface area (TPSA) is 45.5 Å². The molecular formula is C22H19FN2O3. The fourth-order valence-electron chi connectivity index (χ4n) is 3.28. The van der Waals surface area contributed by atoms with Gasteiger partial charge in [0.15, 0.2) is 11.5 Å². The summed E-state index contributed by atoms with van der Waals surface area (Å²) in [6, 6.07) is 17.8. The maximum absolute atomic E-state index is 13.4. The minimum atomic E-state index is -0.292. The first kappa shape index (κ1) is 17.9. The van der Waals surface area contributed by atoms with Crippen molar-refractivity contribution in [3.63, 3.8) is 0 Å². The Morgan fingerprint density at radius 3 is 2.07 bits per heavy atom. The van der Waals surface area contributed by atoms with Crippen LogP contribution in [-0.2, 0) is 0 Å². The molecule has 3 aromatic carbocycles. The number of fused-ring (bicyclic) bond motifs is 1. The lowest BCUT2D eigenvalue weighted by atomic mass is 10.2. The number of imidazole rings is 1. The third kappa shape index (κ3) is 2.93. The van der Waals surface area contributed by atoms with Gasteiger partial charge in [-0.25, -0.2) is 9.37 Å². The van der Waals surface area contributed by atoms with Crippen molar-refractivity contribution >= 4 is 11.0 Å². The molecule has 5 nitrogen and oxygen atoms in total. The first-order valence-electron chi connectivity index (χ1n) is 8.70. The standard InChI is InChI=1S/C22H19FN2O3/c1-26-19-12-16(13-20(27-2)21(19)28-3)25-18-7-5-4-6-17(18)24-22(25)14-8-10-15(23)11-9-14/h4-13H,1-3H3. The largest absolute Gasteiger partial charge is 0.493 e. The van der Waals surface area contributed by atoms with Gasteiger partial charge in [-0.05, 0) is 36.4 Å². The number of aromatic nitrogens is 2. The second kappa shape index (κ2) is 7.23. The van der Waals surface area contributed by atoms with E-state index in [1.54, 1.807) is 33.5 Å². The summed E-state index contributed by atoms with van der Waals surface area (Å²) in [7, 11) is 4.72. The van der Waals surface area contributed by atoms with Crippen molar-refractivity contribution in [2.45, 2.75) is 0 Å². The number of hydrogen-bond donors (Lipinski definition) is 0. The van der Waals surface area contributed by atoms with Crippen LogP contribution >= 0.6 is 0 Å². The summed E-state index contributed by atoms with van der Waals surface area (Å²) >= 11 is 0. The van der Waals surface area contributed by atoms with Gasteiger partial charge in [0, 0.05) is 17.7 Å². The van der Waals surface area contributed by atoms with E-state index in [0.717, 1.165) is 22.3 Å². The average Bonchev–Trinajstić information content (AvgIpc) is 3.12. The molecule has 0 radical (unpaired) electrons. The van der Waals surface area contributed by atoms with Gasteiger partial charge in [0.1, 0.15) is 11.6 Å². The normalized spacial score (nSPS) is 10.9. The Balaban J connectivity index is 2.03. The van der Waals surface area contributed by atoms with Crippen LogP contribution in [0.1, 0.15) is 0 Å². The second-order valence-corrected chi connectivity index (χ2v) is 6.15. The molecule has 0 aliphatic rings. The van der Waals surface area contributed by atoms with E-state index in [0.29, 0.717) is 23.1 Å². The fourth-order valence-corrected chi connectivity index (χ4v) is 3.28. The van der Waals surface area contributed by atoms with E-state index in [2.05, 4.69) is 0 Å². The van der Waals surface area contributed by atoms with Crippen molar-refractivity contribution < 1.29 is 18.6 Å². The molecule has 4 rings (SSSR count). The van der Waals surface area contributed by atoms with E-state index in [9.17, 15) is 4.39 Å². The predicted molar refractivity (Wildman–Crippen MR) is 106 cm³/mol. The van der Waals surface area contributed by atoms with Crippen LogP contribution < -0.4 is 14.2 Å². The number of benzene rings is 3. The summed E-state index contributed by atoms with van der Waals surface area (Å²) in [5.74, 6) is 2.00. The molecule has 0 atom stereocenters. The SMILES string of the molecule is COc1cc(-n2c(-c3ccc(F)cc3)nc3ccccc32)cc(OC)c1OC. The lowest BCUT2D eigenvalue weighted by Crippen LogP contribution is -2.01. The summed E-state index contributed by atoms with van der Waals surface area (Å²) in [6.07, 6.45) is 0. The molecule has 6 heteroatoms. The molecule has 4 aromatic rings. The van der Waals surface area contributed by atoms with Gasteiger partial charge in [-0.2, -0.15) is 0 Å². The van der Waals surface area contributed by atoms with Crippen LogP contribution in [0.2, 0.25) is 0 Å². The molecule has 0 bridgehead atoms. The lowest BCUT2D eigenvalue weighted by molar-refractivity contribution is 0.324. The molecule has 0 aliphatic carbocycles. The molecule has 0 N–H and O–H groups in total. The Morgan fingerprint density at radius 2 is 1.46 bits per heavy atom. The molecule has 0 saturated carbocycles. The van der Waals surface area contributed by atoms with E-state index in [-0.39, 0.29) is 5.82 Å². The van der Waals surface area contributed by atoms with Crippen LogP contribution in [0.15, 0.2) is 60.7 Å². The number of rotatable bonds is 5. The zero-order valence-electron chi connectivity index (χ0n) is 15.8. The van der Waals surface area contributed by atoms with Crippen LogP contribution in [0.3, 0.4) is 0 Å². The summed E-state index contributed by atoms with van der Waals surface area (Å²) < 4.78 is 31.9. The van der Waals surface area contributed by atoms with Crippen LogP contribution in [0, 0.1) is 5.82 Å². The zero-order chi connectivity index (χ0) is 19.7. The van der Waals surface area contributed by atoms with Gasteiger partial charge in [-0.15, -0.1) is 0 Å². The van der Waals surface area contributed by atoms with Gasteiger partial charge in [0.2, 0.25) is 5.75 Å². The molecule has 1 heterocycles. The molecule has 142 valence electrons. The third-order valence-corrected chi connectivity index (χ3v) is 4.57. The Morgan fingerprint density at radius 1 is 0.821 bits per heavy atom. The molecule has 0 unspecified atom stereocenters. The maximum atomic E-state index is 13.4. The minimum absolute atomic E-state index is 0.292. The fraction of sp³-hybridized carbons (Fsp3) is 0.136. The molecular weight excluding hydrogens is 359 g/mol. The molecule has 0 aliphatic heterocycles. The highest BCUT2D eigenvalue weighted by Crippen LogP contribution is 2.41. The quantitative estimate of drug-likeness (QED) is 0.498. The molecule has 0 saturated heterocycles. The number of ether oxygens (including phenoxy) is 3. The Hall–Kier alpha value is -3.54. The molecule has 0 amide bonds. The monoisotopic (exact) mass is 378 g/mol. The van der Waals surface area contributed by atoms with Crippen molar-refractivity contribution in [2.75, 3.05) is 21.3 Å². The van der Waals surface area contributed by atoms with Crippen molar-refractivity contribution in [1.29, 1.82) is 0 Å². The lowest BCUT2D eigenvalue weighted by Gasteiger charge is -2.16. The summed E-state index contributed by atoms with van der Waals surface area (Å²) in [6.45, 7) is 0. The zero-order valence-corrected chi connectivity index (χ0v) is 15.8. The molecule has 0 fully saturated rings. The van der Waals surface area contributed by atoms with Crippen LogP contribution in [0.25, 0.3) is 28.1 Å². The Kier molecular flexibility index (Phi) is 4.61. The summed E-state index contributed by atoms with van der Waals surface area (Å²) in [4.78, 5) is 4.77. The van der Waals surface area contributed by atoms with Crippen molar-refractivity contribution in [3.05, 3.63) is 66.5 Å². The molecule has 28 heavy (non-hydrogen) atoms. The van der Waals surface area contributed by atoms with Crippen molar-refractivity contribution in [2.24, 2.45) is 0 Å². The molecule has 0 spiro atoms. The van der Waals surface area contributed by atoms with Gasteiger partial charge >= 0.3 is 0 Å². The molecule has 1 aromatic heterocycles. The van der Waals surface area contributed by atoms with Crippen LogP contribution in [0.4, 0.5) is 4.39 Å². The van der Waals surface area contributed by atoms with Crippen molar-refractivity contribution in [1.82, 2.24) is 9.55 Å². The van der Waals surface area contributed by atoms with E-state index in [1.807, 2.05) is 41.0 Å². The van der Waals surface area contributed by atoms with Gasteiger partial charge in [0.25, 0.3) is 0 Å². The smallest absolute Gasteiger partial charge is 0.203 e. The number of methoxy groups -OCH3 is 3. The second-order valence-electron chi connectivity index (χ2n) is 6.15. The van der Waals surface area contributed by atoms with E-state index in [1.165, 1.54) is 12.1 Å². The first-order valence-corrected chi connectivity index (χ1v) is 8.70. The first-order chi connectivity index (χ1) is 13.7. The predicted octanol–water partition coefficient (Wildman–Crippen LogP) is 4.86. The highest BCUT2D eigenvalue weighted by atomic mass is 19.1. The van der Waals surface area contributed by atoms with Gasteiger partial charge in [0.05, 0.1) is 38.1 Å². The Bertz CT molecular complexity index is 1110. The van der Waals surface area contributed by atoms with E-state index in [4.69, 9.17) is 19.2 Å².